The van der Waals surface area contributed by atoms with Crippen LogP contribution in [-0.4, -0.2) is 12.5 Å². The molecule has 1 aliphatic heterocycles. The van der Waals surface area contributed by atoms with Gasteiger partial charge in [-0.25, -0.2) is 0 Å². The molecule has 174 valence electrons. The molecule has 4 heteroatoms. The van der Waals surface area contributed by atoms with E-state index in [1.807, 2.05) is 24.3 Å². The molecule has 0 fully saturated rings. The second kappa shape index (κ2) is 10.2. The van der Waals surface area contributed by atoms with Crippen LogP contribution >= 0.6 is 0 Å². The Morgan fingerprint density at radius 2 is 1.88 bits per heavy atom. The van der Waals surface area contributed by atoms with E-state index in [1.165, 1.54) is 11.1 Å². The Morgan fingerprint density at radius 3 is 2.68 bits per heavy atom. The first-order valence-electron chi connectivity index (χ1n) is 12.3. The van der Waals surface area contributed by atoms with E-state index in [2.05, 4.69) is 78.2 Å². The van der Waals surface area contributed by atoms with Crippen molar-refractivity contribution in [2.24, 2.45) is 5.92 Å². The number of hydrogen-bond donors (Lipinski definition) is 2. The van der Waals surface area contributed by atoms with E-state index >= 15 is 0 Å². The van der Waals surface area contributed by atoms with Crippen LogP contribution < -0.4 is 15.4 Å². The van der Waals surface area contributed by atoms with E-state index in [1.54, 1.807) is 0 Å². The fraction of sp³-hybridized carbons (Fsp3) is 0.300. The van der Waals surface area contributed by atoms with Crippen LogP contribution in [-0.2, 0) is 6.61 Å². The fourth-order valence-electron chi connectivity index (χ4n) is 5.06. The Bertz CT molecular complexity index is 1150. The van der Waals surface area contributed by atoms with Crippen molar-refractivity contribution in [2.75, 3.05) is 11.9 Å². The van der Waals surface area contributed by atoms with Crippen molar-refractivity contribution in [3.05, 3.63) is 107 Å². The van der Waals surface area contributed by atoms with Gasteiger partial charge in [0.25, 0.3) is 5.91 Å². The Kier molecular flexibility index (Phi) is 6.66. The molecule has 2 N–H and O–H groups in total. The second-order valence-electron chi connectivity index (χ2n) is 9.23. The summed E-state index contributed by atoms with van der Waals surface area (Å²) in [7, 11) is 0. The molecule has 2 aliphatic rings. The Hall–Kier alpha value is -3.53. The van der Waals surface area contributed by atoms with E-state index in [9.17, 15) is 4.79 Å². The number of anilines is 1. The lowest BCUT2D eigenvalue weighted by Gasteiger charge is -2.37. The summed E-state index contributed by atoms with van der Waals surface area (Å²) in [5.74, 6) is 1.65. The van der Waals surface area contributed by atoms with Gasteiger partial charge in [0.05, 0.1) is 6.04 Å². The Morgan fingerprint density at radius 1 is 1.06 bits per heavy atom. The summed E-state index contributed by atoms with van der Waals surface area (Å²) >= 11 is 0. The molecule has 1 aliphatic carbocycles. The summed E-state index contributed by atoms with van der Waals surface area (Å²) in [4.78, 5) is 12.6. The number of rotatable bonds is 8. The highest BCUT2D eigenvalue weighted by Gasteiger charge is 2.38. The van der Waals surface area contributed by atoms with Crippen LogP contribution in [0.5, 0.6) is 5.75 Å². The van der Waals surface area contributed by atoms with Gasteiger partial charge in [0.2, 0.25) is 0 Å². The maximum atomic E-state index is 12.6. The Balaban J connectivity index is 1.31. The van der Waals surface area contributed by atoms with Crippen LogP contribution in [0.1, 0.15) is 65.2 Å². The minimum absolute atomic E-state index is 0.0167. The number of fused-ring (bicyclic) bond motifs is 3. The number of carbonyl (C=O) groups is 1. The SMILES string of the molecule is CCCCNC(=O)c1ccc2c(c1)C1C=CCC1C(c1ccc(OCc3ccccc3)cc1)N2. The molecule has 34 heavy (non-hydrogen) atoms. The molecule has 3 aromatic rings. The third-order valence-electron chi connectivity index (χ3n) is 6.93. The first-order chi connectivity index (χ1) is 16.7. The van der Waals surface area contributed by atoms with E-state index in [0.717, 1.165) is 48.4 Å². The second-order valence-corrected chi connectivity index (χ2v) is 9.23. The molecule has 0 saturated heterocycles. The molecule has 1 heterocycles. The van der Waals surface area contributed by atoms with Gasteiger partial charge in [-0.15, -0.1) is 0 Å². The van der Waals surface area contributed by atoms with Gasteiger partial charge in [-0.1, -0.05) is 68.0 Å². The van der Waals surface area contributed by atoms with E-state index in [-0.39, 0.29) is 11.9 Å². The summed E-state index contributed by atoms with van der Waals surface area (Å²) in [5.41, 5.74) is 5.51. The number of ether oxygens (including phenoxy) is 1. The predicted molar refractivity (Wildman–Crippen MR) is 137 cm³/mol. The number of carbonyl (C=O) groups excluding carboxylic acids is 1. The lowest BCUT2D eigenvalue weighted by molar-refractivity contribution is 0.0953. The van der Waals surface area contributed by atoms with Gasteiger partial charge < -0.3 is 15.4 Å². The molecule has 0 aromatic heterocycles. The number of benzene rings is 3. The van der Waals surface area contributed by atoms with Crippen molar-refractivity contribution in [3.63, 3.8) is 0 Å². The van der Waals surface area contributed by atoms with Crippen molar-refractivity contribution in [1.82, 2.24) is 5.32 Å². The molecule has 3 unspecified atom stereocenters. The highest BCUT2D eigenvalue weighted by molar-refractivity contribution is 5.95. The normalized spacial score (nSPS) is 20.2. The molecule has 5 rings (SSSR count). The number of hydrogen-bond acceptors (Lipinski definition) is 3. The maximum absolute atomic E-state index is 12.6. The number of amides is 1. The average molecular weight is 453 g/mol. The van der Waals surface area contributed by atoms with E-state index in [0.29, 0.717) is 18.4 Å². The zero-order valence-corrected chi connectivity index (χ0v) is 19.7. The molecular formula is C30H32N2O2. The quantitative estimate of drug-likeness (QED) is 0.298. The van der Waals surface area contributed by atoms with Gasteiger partial charge in [-0.3, -0.25) is 4.79 Å². The largest absolute Gasteiger partial charge is 0.489 e. The summed E-state index contributed by atoms with van der Waals surface area (Å²) in [6.07, 6.45) is 7.70. The third kappa shape index (κ3) is 4.72. The summed E-state index contributed by atoms with van der Waals surface area (Å²) < 4.78 is 5.98. The molecule has 0 saturated carbocycles. The average Bonchev–Trinajstić information content (AvgIpc) is 3.38. The molecule has 0 bridgehead atoms. The van der Waals surface area contributed by atoms with Crippen molar-refractivity contribution < 1.29 is 9.53 Å². The molecule has 0 radical (unpaired) electrons. The van der Waals surface area contributed by atoms with Crippen LogP contribution in [0.2, 0.25) is 0 Å². The van der Waals surface area contributed by atoms with E-state index in [4.69, 9.17) is 4.74 Å². The standard InChI is InChI=1S/C30H32N2O2/c1-2-3-18-31-30(33)23-14-17-28-27(19-23)25-10-7-11-26(25)29(32-28)22-12-15-24(16-13-22)34-20-21-8-5-4-6-9-21/h4-10,12-17,19,25-26,29,32H,2-3,11,18,20H2,1H3,(H,31,33). The fourth-order valence-corrected chi connectivity index (χ4v) is 5.06. The van der Waals surface area contributed by atoms with Gasteiger partial charge >= 0.3 is 0 Å². The van der Waals surface area contributed by atoms with Gasteiger partial charge in [-0.2, -0.15) is 0 Å². The highest BCUT2D eigenvalue weighted by atomic mass is 16.5. The predicted octanol–water partition coefficient (Wildman–Crippen LogP) is 6.62. The van der Waals surface area contributed by atoms with Crippen molar-refractivity contribution in [2.45, 2.75) is 44.8 Å². The van der Waals surface area contributed by atoms with Crippen LogP contribution in [0, 0.1) is 5.92 Å². The zero-order valence-electron chi connectivity index (χ0n) is 19.7. The lowest BCUT2D eigenvalue weighted by atomic mass is 9.76. The minimum atomic E-state index is 0.0167. The van der Waals surface area contributed by atoms with E-state index < -0.39 is 0 Å². The topological polar surface area (TPSA) is 50.4 Å². The van der Waals surface area contributed by atoms with Gasteiger partial charge in [-0.05, 0) is 65.8 Å². The van der Waals surface area contributed by atoms with Gasteiger partial charge in [0.15, 0.2) is 0 Å². The highest BCUT2D eigenvalue weighted by Crippen LogP contribution is 2.50. The molecular weight excluding hydrogens is 420 g/mol. The number of unbranched alkanes of at least 4 members (excludes halogenated alkanes) is 1. The van der Waals surface area contributed by atoms with Crippen molar-refractivity contribution in [1.29, 1.82) is 0 Å². The Labute approximate surface area is 202 Å². The van der Waals surface area contributed by atoms with Crippen molar-refractivity contribution >= 4 is 11.6 Å². The molecule has 1 amide bonds. The van der Waals surface area contributed by atoms with Gasteiger partial charge in [0, 0.05) is 23.7 Å². The monoisotopic (exact) mass is 452 g/mol. The van der Waals surface area contributed by atoms with Crippen LogP contribution in [0.15, 0.2) is 84.9 Å². The number of nitrogens with one attached hydrogen (secondary N) is 2. The number of allylic oxidation sites excluding steroid dienone is 2. The summed E-state index contributed by atoms with van der Waals surface area (Å²) in [6, 6.07) is 25.0. The first-order valence-corrected chi connectivity index (χ1v) is 12.3. The maximum Gasteiger partial charge on any atom is 0.251 e. The zero-order chi connectivity index (χ0) is 23.3. The third-order valence-corrected chi connectivity index (χ3v) is 6.93. The smallest absolute Gasteiger partial charge is 0.251 e. The van der Waals surface area contributed by atoms with Gasteiger partial charge in [0.1, 0.15) is 12.4 Å². The summed E-state index contributed by atoms with van der Waals surface area (Å²) in [6.45, 7) is 3.42. The first kappa shape index (κ1) is 22.3. The molecule has 4 nitrogen and oxygen atoms in total. The van der Waals surface area contributed by atoms with Crippen LogP contribution in [0.4, 0.5) is 5.69 Å². The summed E-state index contributed by atoms with van der Waals surface area (Å²) in [5, 5.41) is 6.81. The minimum Gasteiger partial charge on any atom is -0.489 e. The lowest BCUT2D eigenvalue weighted by Crippen LogP contribution is -2.30. The van der Waals surface area contributed by atoms with Crippen LogP contribution in [0.25, 0.3) is 0 Å². The molecule has 3 aromatic carbocycles. The molecule has 0 spiro atoms. The molecule has 3 atom stereocenters. The van der Waals surface area contributed by atoms with Crippen LogP contribution in [0.3, 0.4) is 0 Å². The van der Waals surface area contributed by atoms with Crippen molar-refractivity contribution in [3.8, 4) is 5.75 Å².